The first-order chi connectivity index (χ1) is 7.97. The fraction of sp³-hybridized carbons (Fsp3) is 0.500. The van der Waals surface area contributed by atoms with Crippen molar-refractivity contribution in [3.05, 3.63) is 29.3 Å². The molecule has 1 aromatic carbocycles. The minimum atomic E-state index is -4.36. The average Bonchev–Trinajstić information content (AvgIpc) is 2.20. The van der Waals surface area contributed by atoms with Crippen LogP contribution in [0, 0.1) is 6.92 Å². The SMILES string of the molecule is Cc1ccc(O)c(C(C)(C)C)c1.O=S(=O)([O-])CO.[Na+]. The fourth-order valence-electron chi connectivity index (χ4n) is 1.25. The number of rotatable bonds is 1. The monoisotopic (exact) mass is 298 g/mol. The van der Waals surface area contributed by atoms with Crippen LogP contribution in [0.4, 0.5) is 0 Å². The van der Waals surface area contributed by atoms with Crippen molar-refractivity contribution in [1.29, 1.82) is 0 Å². The molecule has 0 fully saturated rings. The molecular formula is C12H19NaO5S. The molecule has 0 spiro atoms. The second kappa shape index (κ2) is 8.24. The number of phenols is 1. The van der Waals surface area contributed by atoms with E-state index in [1.807, 2.05) is 19.1 Å². The third-order valence-corrected chi connectivity index (χ3v) is 2.43. The Hall–Kier alpha value is -0.110. The van der Waals surface area contributed by atoms with E-state index in [-0.39, 0.29) is 35.0 Å². The second-order valence-corrected chi connectivity index (χ2v) is 6.33. The van der Waals surface area contributed by atoms with Crippen LogP contribution < -0.4 is 29.6 Å². The van der Waals surface area contributed by atoms with Crippen molar-refractivity contribution in [2.24, 2.45) is 0 Å². The Kier molecular flexibility index (Phi) is 9.19. The third kappa shape index (κ3) is 9.43. The van der Waals surface area contributed by atoms with E-state index in [4.69, 9.17) is 5.11 Å². The van der Waals surface area contributed by atoms with Gasteiger partial charge >= 0.3 is 29.6 Å². The predicted molar refractivity (Wildman–Crippen MR) is 68.3 cm³/mol. The molecule has 0 saturated heterocycles. The molecule has 0 aromatic heterocycles. The van der Waals surface area contributed by atoms with Crippen LogP contribution in [0.3, 0.4) is 0 Å². The van der Waals surface area contributed by atoms with Crippen LogP contribution in [0.25, 0.3) is 0 Å². The second-order valence-electron chi connectivity index (χ2n) is 4.96. The number of hydrogen-bond donors (Lipinski definition) is 2. The summed E-state index contributed by atoms with van der Waals surface area (Å²) < 4.78 is 27.6. The van der Waals surface area contributed by atoms with E-state index < -0.39 is 16.1 Å². The zero-order chi connectivity index (χ0) is 14.6. The molecule has 104 valence electrons. The topological polar surface area (TPSA) is 97.7 Å². The number of aromatic hydroxyl groups is 1. The largest absolute Gasteiger partial charge is 1.00 e. The van der Waals surface area contributed by atoms with Crippen molar-refractivity contribution in [2.45, 2.75) is 33.1 Å². The van der Waals surface area contributed by atoms with Crippen LogP contribution in [0.1, 0.15) is 31.9 Å². The van der Waals surface area contributed by atoms with E-state index in [0.29, 0.717) is 5.75 Å². The third-order valence-electron chi connectivity index (χ3n) is 2.12. The molecule has 1 aromatic rings. The number of aliphatic hydroxyl groups is 1. The van der Waals surface area contributed by atoms with Crippen molar-refractivity contribution >= 4 is 10.1 Å². The maximum atomic E-state index is 9.57. The molecule has 5 nitrogen and oxygen atoms in total. The summed E-state index contributed by atoms with van der Waals surface area (Å²) in [7, 11) is -4.36. The maximum absolute atomic E-state index is 9.57. The van der Waals surface area contributed by atoms with Crippen LogP contribution in [0.5, 0.6) is 5.75 Å². The molecule has 2 N–H and O–H groups in total. The van der Waals surface area contributed by atoms with Gasteiger partial charge in [0.15, 0.2) is 0 Å². The fourth-order valence-corrected chi connectivity index (χ4v) is 1.25. The Morgan fingerprint density at radius 2 is 1.68 bits per heavy atom. The van der Waals surface area contributed by atoms with Crippen molar-refractivity contribution < 1.29 is 52.7 Å². The molecule has 1 rings (SSSR count). The molecule has 0 aliphatic rings. The minimum Gasteiger partial charge on any atom is -0.746 e. The van der Waals surface area contributed by atoms with Crippen LogP contribution in [0.15, 0.2) is 18.2 Å². The molecule has 0 atom stereocenters. The van der Waals surface area contributed by atoms with Crippen molar-refractivity contribution in [1.82, 2.24) is 0 Å². The first kappa shape index (κ1) is 21.2. The molecule has 0 amide bonds. The number of hydrogen-bond acceptors (Lipinski definition) is 5. The van der Waals surface area contributed by atoms with Gasteiger partial charge in [0.2, 0.25) is 0 Å². The molecule has 0 radical (unpaired) electrons. The number of benzene rings is 1. The molecular weight excluding hydrogens is 279 g/mol. The zero-order valence-electron chi connectivity index (χ0n) is 12.0. The van der Waals surface area contributed by atoms with Crippen molar-refractivity contribution in [3.63, 3.8) is 0 Å². The van der Waals surface area contributed by atoms with Gasteiger partial charge in [0.05, 0.1) is 0 Å². The van der Waals surface area contributed by atoms with Gasteiger partial charge in [0, 0.05) is 0 Å². The summed E-state index contributed by atoms with van der Waals surface area (Å²) in [6.45, 7) is 8.33. The summed E-state index contributed by atoms with van der Waals surface area (Å²) in [5, 5.41) is 17.1. The molecule has 0 saturated carbocycles. The summed E-state index contributed by atoms with van der Waals surface area (Å²) in [5.74, 6) is -0.916. The van der Waals surface area contributed by atoms with Gasteiger partial charge in [-0.25, -0.2) is 8.42 Å². The Morgan fingerprint density at radius 3 is 1.95 bits per heavy atom. The molecule has 19 heavy (non-hydrogen) atoms. The minimum absolute atomic E-state index is 0. The van der Waals surface area contributed by atoms with Gasteiger partial charge in [0.1, 0.15) is 21.8 Å². The normalized spacial score (nSPS) is 11.1. The van der Waals surface area contributed by atoms with Crippen LogP contribution in [-0.2, 0) is 15.5 Å². The average molecular weight is 298 g/mol. The van der Waals surface area contributed by atoms with E-state index >= 15 is 0 Å². The van der Waals surface area contributed by atoms with Gasteiger partial charge in [-0.3, -0.25) is 0 Å². The first-order valence-electron chi connectivity index (χ1n) is 5.32. The molecule has 0 unspecified atom stereocenters. The van der Waals surface area contributed by atoms with Crippen LogP contribution in [-0.4, -0.2) is 29.1 Å². The zero-order valence-corrected chi connectivity index (χ0v) is 14.8. The van der Waals surface area contributed by atoms with Crippen molar-refractivity contribution in [3.8, 4) is 5.75 Å². The van der Waals surface area contributed by atoms with Gasteiger partial charge in [-0.05, 0) is 24.0 Å². The first-order valence-corrected chi connectivity index (χ1v) is 6.89. The Labute approximate surface area is 136 Å². The standard InChI is InChI=1S/C11H16O.CH4O4S.Na/c1-8-5-6-10(12)9(7-8)11(2,3)4;2-1-6(3,4)5;/h5-7,12H,1-4H3;2H,1H2,(H,3,4,5);/q;;+1/p-1. The summed E-state index contributed by atoms with van der Waals surface area (Å²) in [6.07, 6.45) is 0. The smallest absolute Gasteiger partial charge is 0.746 e. The van der Waals surface area contributed by atoms with Crippen LogP contribution in [0.2, 0.25) is 0 Å². The van der Waals surface area contributed by atoms with E-state index in [1.165, 1.54) is 5.56 Å². The maximum Gasteiger partial charge on any atom is 1.00 e. The van der Waals surface area contributed by atoms with Gasteiger partial charge in [-0.15, -0.1) is 0 Å². The van der Waals surface area contributed by atoms with E-state index in [2.05, 4.69) is 20.8 Å². The van der Waals surface area contributed by atoms with Gasteiger partial charge < -0.3 is 14.8 Å². The number of aryl methyl sites for hydroxylation is 1. The molecule has 0 aliphatic heterocycles. The van der Waals surface area contributed by atoms with E-state index in [9.17, 15) is 18.1 Å². The number of phenolic OH excluding ortho intramolecular Hbond substituents is 1. The Balaban J connectivity index is 0. The molecule has 0 aliphatic carbocycles. The van der Waals surface area contributed by atoms with Gasteiger partial charge in [-0.1, -0.05) is 38.5 Å². The quantitative estimate of drug-likeness (QED) is 0.485. The van der Waals surface area contributed by atoms with Crippen molar-refractivity contribution in [2.75, 3.05) is 5.94 Å². The molecule has 0 heterocycles. The van der Waals surface area contributed by atoms with E-state index in [1.54, 1.807) is 6.07 Å². The Bertz CT molecular complexity index is 491. The number of aliphatic hydroxyl groups excluding tert-OH is 1. The van der Waals surface area contributed by atoms with Gasteiger partial charge in [0.25, 0.3) is 0 Å². The Morgan fingerprint density at radius 1 is 1.26 bits per heavy atom. The molecule has 7 heteroatoms. The predicted octanol–water partition coefficient (Wildman–Crippen LogP) is -1.52. The van der Waals surface area contributed by atoms with Gasteiger partial charge in [-0.2, -0.15) is 0 Å². The van der Waals surface area contributed by atoms with Crippen LogP contribution >= 0.6 is 0 Å². The summed E-state index contributed by atoms with van der Waals surface area (Å²) >= 11 is 0. The molecule has 0 bridgehead atoms. The summed E-state index contributed by atoms with van der Waals surface area (Å²) in [6, 6.07) is 5.72. The van der Waals surface area contributed by atoms with E-state index in [0.717, 1.165) is 5.56 Å². The summed E-state index contributed by atoms with van der Waals surface area (Å²) in [4.78, 5) is 0. The summed E-state index contributed by atoms with van der Waals surface area (Å²) in [5.41, 5.74) is 2.23.